The maximum absolute atomic E-state index is 13.9. The van der Waals surface area contributed by atoms with Crippen LogP contribution in [0.1, 0.15) is 26.3 Å². The van der Waals surface area contributed by atoms with Crippen LogP contribution in [-0.4, -0.2) is 79.4 Å². The van der Waals surface area contributed by atoms with E-state index >= 15 is 0 Å². The zero-order chi connectivity index (χ0) is 29.5. The Kier molecular flexibility index (Phi) is 9.28. The Labute approximate surface area is 235 Å². The van der Waals surface area contributed by atoms with E-state index in [2.05, 4.69) is 5.32 Å². The van der Waals surface area contributed by atoms with E-state index in [1.54, 1.807) is 24.3 Å². The van der Waals surface area contributed by atoms with E-state index in [1.165, 1.54) is 60.4 Å². The number of ether oxygens (including phenoxy) is 2. The predicted octanol–water partition coefficient (Wildman–Crippen LogP) is 2.84. The summed E-state index contributed by atoms with van der Waals surface area (Å²) in [7, 11) is 2.71. The molecule has 3 amide bonds. The summed E-state index contributed by atoms with van der Waals surface area (Å²) >= 11 is 0. The maximum Gasteiger partial charge on any atom is 0.328 e. The summed E-state index contributed by atoms with van der Waals surface area (Å²) in [6.45, 7) is -0.249. The van der Waals surface area contributed by atoms with Crippen LogP contribution in [0.4, 0.5) is 8.78 Å². The molecule has 1 saturated heterocycles. The second kappa shape index (κ2) is 13.0. The van der Waals surface area contributed by atoms with Crippen molar-refractivity contribution in [1.29, 1.82) is 0 Å². The molecule has 4 rings (SSSR count). The highest BCUT2D eigenvalue weighted by molar-refractivity contribution is 6.00. The van der Waals surface area contributed by atoms with Gasteiger partial charge in [0.15, 0.2) is 0 Å². The molecule has 11 heteroatoms. The van der Waals surface area contributed by atoms with Gasteiger partial charge in [-0.2, -0.15) is 0 Å². The van der Waals surface area contributed by atoms with Crippen molar-refractivity contribution in [3.05, 3.63) is 101 Å². The van der Waals surface area contributed by atoms with E-state index in [0.29, 0.717) is 11.3 Å². The van der Waals surface area contributed by atoms with Crippen LogP contribution in [0.25, 0.3) is 0 Å². The summed E-state index contributed by atoms with van der Waals surface area (Å²) in [6, 6.07) is 14.7. The van der Waals surface area contributed by atoms with Crippen LogP contribution in [0, 0.1) is 11.6 Å². The summed E-state index contributed by atoms with van der Waals surface area (Å²) in [6.07, 6.45) is 0.0822. The van der Waals surface area contributed by atoms with Crippen LogP contribution in [-0.2, 0) is 20.7 Å². The Morgan fingerprint density at radius 1 is 0.878 bits per heavy atom. The molecule has 1 heterocycles. The van der Waals surface area contributed by atoms with Gasteiger partial charge in [0.2, 0.25) is 5.91 Å². The fourth-order valence-electron chi connectivity index (χ4n) is 4.63. The fourth-order valence-corrected chi connectivity index (χ4v) is 4.63. The molecule has 3 aromatic carbocycles. The van der Waals surface area contributed by atoms with Crippen molar-refractivity contribution >= 4 is 23.7 Å². The molecular weight excluding hydrogens is 536 g/mol. The lowest BCUT2D eigenvalue weighted by molar-refractivity contribution is -0.145. The lowest BCUT2D eigenvalue weighted by atomic mass is 10.0. The first-order chi connectivity index (χ1) is 19.7. The van der Waals surface area contributed by atoms with Gasteiger partial charge >= 0.3 is 5.97 Å². The van der Waals surface area contributed by atoms with E-state index in [1.807, 2.05) is 0 Å². The lowest BCUT2D eigenvalue weighted by Gasteiger charge is -2.41. The molecule has 1 fully saturated rings. The zero-order valence-corrected chi connectivity index (χ0v) is 22.5. The Balaban J connectivity index is 1.60. The minimum atomic E-state index is -1.24. The number of rotatable bonds is 8. The number of nitrogens with zero attached hydrogens (tertiary/aromatic N) is 2. The number of benzene rings is 3. The first-order valence-electron chi connectivity index (χ1n) is 12.8. The van der Waals surface area contributed by atoms with Crippen LogP contribution in [0.3, 0.4) is 0 Å². The zero-order valence-electron chi connectivity index (χ0n) is 22.5. The Morgan fingerprint density at radius 3 is 2.05 bits per heavy atom. The van der Waals surface area contributed by atoms with Crippen molar-refractivity contribution in [2.45, 2.75) is 18.5 Å². The van der Waals surface area contributed by atoms with Gasteiger partial charge in [0.05, 0.1) is 20.8 Å². The maximum atomic E-state index is 13.9. The van der Waals surface area contributed by atoms with E-state index in [9.17, 15) is 28.0 Å². The lowest BCUT2D eigenvalue weighted by Crippen LogP contribution is -2.63. The van der Waals surface area contributed by atoms with Gasteiger partial charge in [0.25, 0.3) is 11.8 Å². The van der Waals surface area contributed by atoms with Crippen molar-refractivity contribution in [1.82, 2.24) is 15.1 Å². The largest absolute Gasteiger partial charge is 0.497 e. The van der Waals surface area contributed by atoms with Gasteiger partial charge in [0.1, 0.15) is 29.5 Å². The average molecular weight is 566 g/mol. The standard InChI is InChI=1S/C30H29F2N3O6/c1-40-24-11-9-19(10-12-24)15-25(30(39)41-2)33-27(36)26-18-34(28(37)20-5-3-7-22(31)16-20)13-14-35(26)29(38)21-6-4-8-23(32)17-21/h3-12,16-17,25-26H,13-15,18H2,1-2H3,(H,33,36)/t25-,26-/m0/s1. The Hall–Kier alpha value is -4.80. The molecule has 41 heavy (non-hydrogen) atoms. The van der Waals surface area contributed by atoms with Crippen molar-refractivity contribution in [3.8, 4) is 5.75 Å². The normalized spacial score (nSPS) is 15.6. The topological polar surface area (TPSA) is 105 Å². The minimum absolute atomic E-state index is 0.0236. The summed E-state index contributed by atoms with van der Waals surface area (Å²) < 4.78 is 37.8. The molecule has 0 bridgehead atoms. The van der Waals surface area contributed by atoms with Gasteiger partial charge in [-0.25, -0.2) is 13.6 Å². The quantitative estimate of drug-likeness (QED) is 0.422. The second-order valence-electron chi connectivity index (χ2n) is 9.42. The van der Waals surface area contributed by atoms with Crippen molar-refractivity contribution < 1.29 is 37.4 Å². The van der Waals surface area contributed by atoms with Crippen molar-refractivity contribution in [3.63, 3.8) is 0 Å². The number of methoxy groups -OCH3 is 2. The highest BCUT2D eigenvalue weighted by Crippen LogP contribution is 2.19. The van der Waals surface area contributed by atoms with Crippen LogP contribution in [0.15, 0.2) is 72.8 Å². The summed E-state index contributed by atoms with van der Waals surface area (Å²) in [5, 5.41) is 2.66. The van der Waals surface area contributed by atoms with Crippen LogP contribution >= 0.6 is 0 Å². The van der Waals surface area contributed by atoms with Crippen LogP contribution in [0.2, 0.25) is 0 Å². The predicted molar refractivity (Wildman–Crippen MR) is 144 cm³/mol. The fraction of sp³-hybridized carbons (Fsp3) is 0.267. The van der Waals surface area contributed by atoms with Crippen molar-refractivity contribution in [2.75, 3.05) is 33.9 Å². The molecule has 1 aliphatic heterocycles. The molecular formula is C30H29F2N3O6. The molecule has 1 aliphatic rings. The van der Waals surface area contributed by atoms with E-state index in [4.69, 9.17) is 9.47 Å². The smallest absolute Gasteiger partial charge is 0.328 e. The van der Waals surface area contributed by atoms with E-state index in [-0.39, 0.29) is 37.2 Å². The van der Waals surface area contributed by atoms with E-state index in [0.717, 1.165) is 12.1 Å². The van der Waals surface area contributed by atoms with Crippen molar-refractivity contribution in [2.24, 2.45) is 0 Å². The molecule has 3 aromatic rings. The number of amides is 3. The van der Waals surface area contributed by atoms with Gasteiger partial charge in [-0.15, -0.1) is 0 Å². The number of carbonyl (C=O) groups is 4. The third kappa shape index (κ3) is 7.05. The van der Waals surface area contributed by atoms with Gasteiger partial charge in [-0.05, 0) is 54.1 Å². The molecule has 1 N–H and O–H groups in total. The van der Waals surface area contributed by atoms with E-state index < -0.39 is 47.4 Å². The second-order valence-corrected chi connectivity index (χ2v) is 9.42. The number of carbonyl (C=O) groups excluding carboxylic acids is 4. The minimum Gasteiger partial charge on any atom is -0.497 e. The van der Waals surface area contributed by atoms with Crippen LogP contribution in [0.5, 0.6) is 5.75 Å². The average Bonchev–Trinajstić information content (AvgIpc) is 2.99. The number of nitrogens with one attached hydrogen (secondary N) is 1. The number of piperazine rings is 1. The highest BCUT2D eigenvalue weighted by atomic mass is 19.1. The molecule has 0 radical (unpaired) electrons. The van der Waals surface area contributed by atoms with Gasteiger partial charge in [-0.3, -0.25) is 14.4 Å². The Morgan fingerprint density at radius 2 is 1.49 bits per heavy atom. The summed E-state index contributed by atoms with van der Waals surface area (Å²) in [5.74, 6) is -3.16. The van der Waals surface area contributed by atoms with Crippen LogP contribution < -0.4 is 10.1 Å². The monoisotopic (exact) mass is 565 g/mol. The summed E-state index contributed by atoms with van der Waals surface area (Å²) in [5.41, 5.74) is 0.817. The number of hydrogen-bond donors (Lipinski definition) is 1. The first kappa shape index (κ1) is 29.2. The molecule has 2 atom stereocenters. The molecule has 0 saturated carbocycles. The molecule has 214 valence electrons. The number of esters is 1. The summed E-state index contributed by atoms with van der Waals surface area (Å²) in [4.78, 5) is 55.5. The molecule has 0 aromatic heterocycles. The Bertz CT molecular complexity index is 1430. The number of halogens is 2. The molecule has 0 unspecified atom stereocenters. The van der Waals surface area contributed by atoms with Gasteiger partial charge in [-0.1, -0.05) is 24.3 Å². The van der Waals surface area contributed by atoms with Gasteiger partial charge < -0.3 is 24.6 Å². The highest BCUT2D eigenvalue weighted by Gasteiger charge is 2.39. The third-order valence-corrected chi connectivity index (χ3v) is 6.78. The van der Waals surface area contributed by atoms with Gasteiger partial charge in [0, 0.05) is 30.6 Å². The molecule has 9 nitrogen and oxygen atoms in total. The SMILES string of the molecule is COC(=O)[C@H](Cc1ccc(OC)cc1)NC(=O)[C@@H]1CN(C(=O)c2cccc(F)c2)CCN1C(=O)c1cccc(F)c1. The molecule has 0 aliphatic carbocycles. The third-order valence-electron chi connectivity index (χ3n) is 6.78. The number of hydrogen-bond acceptors (Lipinski definition) is 6. The molecule has 0 spiro atoms. The first-order valence-corrected chi connectivity index (χ1v) is 12.8.